The molecule has 0 bridgehead atoms. The van der Waals surface area contributed by atoms with Crippen LogP contribution in [0.1, 0.15) is 25.3 Å². The number of aromatic nitrogens is 2. The molecule has 2 aromatic rings. The molecule has 0 spiro atoms. The van der Waals surface area contributed by atoms with Gasteiger partial charge < -0.3 is 15.0 Å². The minimum Gasteiger partial charge on any atom is -0.484 e. The lowest BCUT2D eigenvalue weighted by molar-refractivity contribution is -0.118. The Morgan fingerprint density at radius 3 is 2.68 bits per heavy atom. The number of carbonyl (C=O) groups is 1. The van der Waals surface area contributed by atoms with E-state index in [1.54, 1.807) is 0 Å². The van der Waals surface area contributed by atoms with Gasteiger partial charge in [-0.2, -0.15) is 0 Å². The summed E-state index contributed by atoms with van der Waals surface area (Å²) in [5, 5.41) is 2.77. The van der Waals surface area contributed by atoms with E-state index in [9.17, 15) is 4.79 Å². The van der Waals surface area contributed by atoms with E-state index < -0.39 is 0 Å². The molecular formula is C19H24N4O2. The van der Waals surface area contributed by atoms with Crippen molar-refractivity contribution in [2.75, 3.05) is 29.9 Å². The van der Waals surface area contributed by atoms with Crippen molar-refractivity contribution in [3.05, 3.63) is 42.2 Å². The van der Waals surface area contributed by atoms with Gasteiger partial charge in [0.2, 0.25) is 0 Å². The normalized spacial score (nSPS) is 15.0. The maximum Gasteiger partial charge on any atom is 0.263 e. The summed E-state index contributed by atoms with van der Waals surface area (Å²) in [7, 11) is 0. The van der Waals surface area contributed by atoms with Crippen LogP contribution in [0.5, 0.6) is 5.75 Å². The van der Waals surface area contributed by atoms with E-state index >= 15 is 0 Å². The van der Waals surface area contributed by atoms with E-state index in [0.29, 0.717) is 11.6 Å². The zero-order chi connectivity index (χ0) is 17.6. The third kappa shape index (κ3) is 4.92. The maximum absolute atomic E-state index is 12.1. The highest BCUT2D eigenvalue weighted by atomic mass is 16.5. The molecule has 1 fully saturated rings. The number of ether oxygens (including phenoxy) is 1. The van der Waals surface area contributed by atoms with Crippen molar-refractivity contribution < 1.29 is 9.53 Å². The second kappa shape index (κ2) is 7.96. The zero-order valence-electron chi connectivity index (χ0n) is 14.7. The van der Waals surface area contributed by atoms with Crippen LogP contribution in [0.2, 0.25) is 0 Å². The second-order valence-electron chi connectivity index (χ2n) is 6.58. The molecule has 1 amide bonds. The van der Waals surface area contributed by atoms with Crippen molar-refractivity contribution in [3.63, 3.8) is 0 Å². The van der Waals surface area contributed by atoms with Gasteiger partial charge in [-0.3, -0.25) is 4.79 Å². The van der Waals surface area contributed by atoms with Gasteiger partial charge in [-0.15, -0.1) is 0 Å². The van der Waals surface area contributed by atoms with Crippen LogP contribution in [0, 0.1) is 12.8 Å². The number of nitrogens with zero attached hydrogens (tertiary/aromatic N) is 3. The first-order valence-corrected chi connectivity index (χ1v) is 8.66. The number of hydrogen-bond acceptors (Lipinski definition) is 5. The molecule has 132 valence electrons. The third-order valence-electron chi connectivity index (χ3n) is 4.42. The van der Waals surface area contributed by atoms with Crippen molar-refractivity contribution >= 4 is 17.5 Å². The largest absolute Gasteiger partial charge is 0.484 e. The SMILES string of the molecule is Cc1ccc(OCC(=O)Nc2cc(N3CCC(C)CC3)ncn2)cc1. The summed E-state index contributed by atoms with van der Waals surface area (Å²) < 4.78 is 5.49. The van der Waals surface area contributed by atoms with Gasteiger partial charge in [0.15, 0.2) is 6.61 Å². The average Bonchev–Trinajstić information content (AvgIpc) is 2.62. The number of carbonyl (C=O) groups excluding carboxylic acids is 1. The number of hydrogen-bond donors (Lipinski definition) is 1. The number of benzene rings is 1. The summed E-state index contributed by atoms with van der Waals surface area (Å²) in [6.45, 7) is 6.21. The lowest BCUT2D eigenvalue weighted by atomic mass is 9.99. The van der Waals surface area contributed by atoms with Crippen LogP contribution in [0.4, 0.5) is 11.6 Å². The molecule has 3 rings (SSSR count). The van der Waals surface area contributed by atoms with Crippen LogP contribution in [0.3, 0.4) is 0 Å². The molecule has 1 N–H and O–H groups in total. The van der Waals surface area contributed by atoms with E-state index in [-0.39, 0.29) is 12.5 Å². The quantitative estimate of drug-likeness (QED) is 0.906. The third-order valence-corrected chi connectivity index (χ3v) is 4.42. The monoisotopic (exact) mass is 340 g/mol. The molecule has 1 aliphatic rings. The van der Waals surface area contributed by atoms with Crippen molar-refractivity contribution in [1.29, 1.82) is 0 Å². The molecule has 1 aromatic heterocycles. The first-order chi connectivity index (χ1) is 12.1. The zero-order valence-corrected chi connectivity index (χ0v) is 14.7. The summed E-state index contributed by atoms with van der Waals surface area (Å²) in [5.74, 6) is 2.55. The van der Waals surface area contributed by atoms with Gasteiger partial charge in [-0.25, -0.2) is 9.97 Å². The van der Waals surface area contributed by atoms with E-state index in [2.05, 4.69) is 27.1 Å². The van der Waals surface area contributed by atoms with Gasteiger partial charge in [0.1, 0.15) is 23.7 Å². The van der Waals surface area contributed by atoms with Crippen molar-refractivity contribution in [1.82, 2.24) is 9.97 Å². The molecule has 25 heavy (non-hydrogen) atoms. The molecule has 0 saturated carbocycles. The number of nitrogens with one attached hydrogen (secondary N) is 1. The molecule has 0 aliphatic carbocycles. The first-order valence-electron chi connectivity index (χ1n) is 8.66. The van der Waals surface area contributed by atoms with Crippen LogP contribution in [0.25, 0.3) is 0 Å². The molecule has 2 heterocycles. The summed E-state index contributed by atoms with van der Waals surface area (Å²) >= 11 is 0. The number of rotatable bonds is 5. The van der Waals surface area contributed by atoms with Crippen molar-refractivity contribution in [3.8, 4) is 5.75 Å². The Hall–Kier alpha value is -2.63. The number of piperidine rings is 1. The lowest BCUT2D eigenvalue weighted by Gasteiger charge is -2.31. The smallest absolute Gasteiger partial charge is 0.263 e. The second-order valence-corrected chi connectivity index (χ2v) is 6.58. The Balaban J connectivity index is 1.54. The fourth-order valence-corrected chi connectivity index (χ4v) is 2.79. The van der Waals surface area contributed by atoms with E-state index in [0.717, 1.165) is 43.2 Å². The minimum absolute atomic E-state index is 0.0520. The van der Waals surface area contributed by atoms with Crippen LogP contribution in [0.15, 0.2) is 36.7 Å². The Labute approximate surface area is 148 Å². The number of amides is 1. The fraction of sp³-hybridized carbons (Fsp3) is 0.421. The van der Waals surface area contributed by atoms with Gasteiger partial charge >= 0.3 is 0 Å². The Morgan fingerprint density at radius 2 is 1.96 bits per heavy atom. The lowest BCUT2D eigenvalue weighted by Crippen LogP contribution is -2.33. The summed E-state index contributed by atoms with van der Waals surface area (Å²) in [6.07, 6.45) is 3.82. The molecule has 0 radical (unpaired) electrons. The predicted molar refractivity (Wildman–Crippen MR) is 97.9 cm³/mol. The first kappa shape index (κ1) is 17.2. The van der Waals surface area contributed by atoms with Gasteiger partial charge in [0, 0.05) is 19.2 Å². The van der Waals surface area contributed by atoms with Crippen LogP contribution >= 0.6 is 0 Å². The highest BCUT2D eigenvalue weighted by Crippen LogP contribution is 2.22. The molecule has 0 atom stereocenters. The Bertz CT molecular complexity index is 710. The summed E-state index contributed by atoms with van der Waals surface area (Å²) in [4.78, 5) is 22.8. The van der Waals surface area contributed by atoms with Crippen LogP contribution in [-0.4, -0.2) is 35.6 Å². The van der Waals surface area contributed by atoms with E-state index in [1.807, 2.05) is 37.3 Å². The highest BCUT2D eigenvalue weighted by Gasteiger charge is 2.17. The Morgan fingerprint density at radius 1 is 1.24 bits per heavy atom. The predicted octanol–water partition coefficient (Wildman–Crippen LogP) is 3.04. The minimum atomic E-state index is -0.238. The van der Waals surface area contributed by atoms with Gasteiger partial charge in [-0.05, 0) is 37.8 Å². The fourth-order valence-electron chi connectivity index (χ4n) is 2.79. The molecule has 6 nitrogen and oxygen atoms in total. The molecular weight excluding hydrogens is 316 g/mol. The molecule has 6 heteroatoms. The van der Waals surface area contributed by atoms with Gasteiger partial charge in [0.05, 0.1) is 0 Å². The molecule has 1 aromatic carbocycles. The average molecular weight is 340 g/mol. The van der Waals surface area contributed by atoms with Crippen molar-refractivity contribution in [2.24, 2.45) is 5.92 Å². The standard InChI is InChI=1S/C19H24N4O2/c1-14-3-5-16(6-4-14)25-12-19(24)22-17-11-18(21-13-20-17)23-9-7-15(2)8-10-23/h3-6,11,13,15H,7-10,12H2,1-2H3,(H,20,21,22,24). The number of aryl methyl sites for hydroxylation is 1. The summed E-state index contributed by atoms with van der Waals surface area (Å²) in [6, 6.07) is 9.41. The van der Waals surface area contributed by atoms with Gasteiger partial charge in [-0.1, -0.05) is 24.6 Å². The molecule has 1 aliphatic heterocycles. The van der Waals surface area contributed by atoms with Crippen molar-refractivity contribution in [2.45, 2.75) is 26.7 Å². The number of anilines is 2. The van der Waals surface area contributed by atoms with Crippen LogP contribution in [-0.2, 0) is 4.79 Å². The van der Waals surface area contributed by atoms with Gasteiger partial charge in [0.25, 0.3) is 5.91 Å². The Kier molecular flexibility index (Phi) is 5.48. The topological polar surface area (TPSA) is 67.3 Å². The van der Waals surface area contributed by atoms with Crippen LogP contribution < -0.4 is 15.0 Å². The van der Waals surface area contributed by atoms with E-state index in [1.165, 1.54) is 6.33 Å². The maximum atomic E-state index is 12.1. The molecule has 1 saturated heterocycles. The highest BCUT2D eigenvalue weighted by molar-refractivity contribution is 5.91. The summed E-state index contributed by atoms with van der Waals surface area (Å²) in [5.41, 5.74) is 1.15. The van der Waals surface area contributed by atoms with E-state index in [4.69, 9.17) is 4.74 Å². The molecule has 0 unspecified atom stereocenters.